The first-order chi connectivity index (χ1) is 8.15. The summed E-state index contributed by atoms with van der Waals surface area (Å²) >= 11 is 4.32. The van der Waals surface area contributed by atoms with Gasteiger partial charge >= 0.3 is 0 Å². The van der Waals surface area contributed by atoms with Gasteiger partial charge in [-0.1, -0.05) is 6.07 Å². The number of hydrogen-bond acceptors (Lipinski definition) is 3. The van der Waals surface area contributed by atoms with Gasteiger partial charge in [0.25, 0.3) is 5.91 Å². The number of carbonyl (C=O) groups is 2. The van der Waals surface area contributed by atoms with Gasteiger partial charge in [-0.2, -0.15) is 12.6 Å². The Morgan fingerprint density at radius 3 is 2.88 bits per heavy atom. The fourth-order valence-electron chi connectivity index (χ4n) is 2.31. The zero-order chi connectivity index (χ0) is 12.0. The van der Waals surface area contributed by atoms with E-state index in [0.29, 0.717) is 25.1 Å². The maximum atomic E-state index is 11.7. The van der Waals surface area contributed by atoms with E-state index in [-0.39, 0.29) is 17.1 Å². The van der Waals surface area contributed by atoms with E-state index in [4.69, 9.17) is 0 Å². The number of fused-ring (bicyclic) bond motifs is 1. The molecule has 2 aliphatic rings. The number of anilines is 1. The predicted molar refractivity (Wildman–Crippen MR) is 67.4 cm³/mol. The number of nitrogens with zero attached hydrogens (tertiary/aromatic N) is 1. The second-order valence-corrected chi connectivity index (χ2v) is 5.12. The van der Waals surface area contributed by atoms with Crippen molar-refractivity contribution < 1.29 is 9.59 Å². The van der Waals surface area contributed by atoms with Crippen LogP contribution in [0.4, 0.5) is 5.69 Å². The average molecular weight is 248 g/mol. The Kier molecular flexibility index (Phi) is 2.36. The lowest BCUT2D eigenvalue weighted by Crippen LogP contribution is -2.24. The van der Waals surface area contributed by atoms with Crippen LogP contribution < -0.4 is 10.2 Å². The summed E-state index contributed by atoms with van der Waals surface area (Å²) < 4.78 is 0. The standard InChI is InChI=1S/C12H12N2O2S/c15-11-4-9(17)6-14(11)8-2-1-7-5-13-12(16)10(7)3-8/h1-3,9,17H,4-6H2,(H,13,16). The van der Waals surface area contributed by atoms with Crippen molar-refractivity contribution in [2.75, 3.05) is 11.4 Å². The van der Waals surface area contributed by atoms with Crippen LogP contribution in [0.2, 0.25) is 0 Å². The highest BCUT2D eigenvalue weighted by atomic mass is 32.1. The molecule has 1 fully saturated rings. The molecular weight excluding hydrogens is 236 g/mol. The number of nitrogens with one attached hydrogen (secondary N) is 1. The van der Waals surface area contributed by atoms with Gasteiger partial charge in [0, 0.05) is 36.0 Å². The highest BCUT2D eigenvalue weighted by Gasteiger charge is 2.29. The quantitative estimate of drug-likeness (QED) is 0.727. The summed E-state index contributed by atoms with van der Waals surface area (Å²) in [6, 6.07) is 5.59. The fourth-order valence-corrected chi connectivity index (χ4v) is 2.63. The molecule has 4 nitrogen and oxygen atoms in total. The highest BCUT2D eigenvalue weighted by molar-refractivity contribution is 7.81. The van der Waals surface area contributed by atoms with Crippen LogP contribution >= 0.6 is 12.6 Å². The van der Waals surface area contributed by atoms with Crippen molar-refractivity contribution in [3.8, 4) is 0 Å². The molecule has 1 N–H and O–H groups in total. The fraction of sp³-hybridized carbons (Fsp3) is 0.333. The van der Waals surface area contributed by atoms with Crippen LogP contribution in [-0.2, 0) is 11.3 Å². The minimum atomic E-state index is -0.0593. The van der Waals surface area contributed by atoms with Gasteiger partial charge in [0.1, 0.15) is 0 Å². The Labute approximate surface area is 104 Å². The van der Waals surface area contributed by atoms with Gasteiger partial charge in [0.2, 0.25) is 5.91 Å². The lowest BCUT2D eigenvalue weighted by molar-refractivity contribution is -0.117. The normalized spacial score (nSPS) is 22.9. The van der Waals surface area contributed by atoms with E-state index in [1.54, 1.807) is 11.0 Å². The first-order valence-electron chi connectivity index (χ1n) is 5.55. The summed E-state index contributed by atoms with van der Waals surface area (Å²) in [4.78, 5) is 25.0. The Morgan fingerprint density at radius 1 is 1.35 bits per heavy atom. The molecule has 5 heteroatoms. The van der Waals surface area contributed by atoms with Gasteiger partial charge < -0.3 is 10.2 Å². The SMILES string of the molecule is O=C1NCc2ccc(N3CC(S)CC3=O)cc21. The van der Waals surface area contributed by atoms with Crippen LogP contribution in [0.25, 0.3) is 0 Å². The third-order valence-electron chi connectivity index (χ3n) is 3.19. The average Bonchev–Trinajstić information content (AvgIpc) is 2.83. The molecule has 0 spiro atoms. The molecule has 0 aliphatic carbocycles. The number of thiol groups is 1. The van der Waals surface area contributed by atoms with Gasteiger partial charge in [0.05, 0.1) is 0 Å². The number of amides is 2. The Bertz CT molecular complexity index is 515. The van der Waals surface area contributed by atoms with Crippen molar-refractivity contribution in [3.05, 3.63) is 29.3 Å². The van der Waals surface area contributed by atoms with E-state index in [2.05, 4.69) is 17.9 Å². The van der Waals surface area contributed by atoms with Crippen LogP contribution in [0.5, 0.6) is 0 Å². The third kappa shape index (κ3) is 1.70. The molecule has 3 rings (SSSR count). The number of rotatable bonds is 1. The maximum absolute atomic E-state index is 11.7. The van der Waals surface area contributed by atoms with Gasteiger partial charge in [-0.05, 0) is 17.7 Å². The second kappa shape index (κ2) is 3.77. The topological polar surface area (TPSA) is 49.4 Å². The number of carbonyl (C=O) groups excluding carboxylic acids is 2. The molecule has 88 valence electrons. The second-order valence-electron chi connectivity index (χ2n) is 4.39. The monoisotopic (exact) mass is 248 g/mol. The molecule has 1 aromatic carbocycles. The zero-order valence-corrected chi connectivity index (χ0v) is 10.0. The number of benzene rings is 1. The molecular formula is C12H12N2O2S. The molecule has 2 amide bonds. The first kappa shape index (κ1) is 10.7. The molecule has 0 aromatic heterocycles. The third-order valence-corrected chi connectivity index (χ3v) is 3.54. The van der Waals surface area contributed by atoms with Crippen molar-refractivity contribution in [1.82, 2.24) is 5.32 Å². The molecule has 0 bridgehead atoms. The molecule has 1 saturated heterocycles. The van der Waals surface area contributed by atoms with E-state index in [1.807, 2.05) is 12.1 Å². The summed E-state index contributed by atoms with van der Waals surface area (Å²) in [5.74, 6) is 0.0132. The molecule has 2 aliphatic heterocycles. The molecule has 0 saturated carbocycles. The Morgan fingerprint density at radius 2 is 2.18 bits per heavy atom. The van der Waals surface area contributed by atoms with E-state index in [9.17, 15) is 9.59 Å². The van der Waals surface area contributed by atoms with Gasteiger partial charge in [-0.15, -0.1) is 0 Å². The van der Waals surface area contributed by atoms with Crippen molar-refractivity contribution in [3.63, 3.8) is 0 Å². The minimum absolute atomic E-state index is 0.0593. The highest BCUT2D eigenvalue weighted by Crippen LogP contribution is 2.27. The van der Waals surface area contributed by atoms with Gasteiger partial charge in [-0.25, -0.2) is 0 Å². The van der Waals surface area contributed by atoms with Crippen LogP contribution in [-0.4, -0.2) is 23.6 Å². The van der Waals surface area contributed by atoms with E-state index < -0.39 is 0 Å². The van der Waals surface area contributed by atoms with Crippen molar-refractivity contribution in [2.24, 2.45) is 0 Å². The summed E-state index contributed by atoms with van der Waals surface area (Å²) in [7, 11) is 0. The summed E-state index contributed by atoms with van der Waals surface area (Å²) in [6.45, 7) is 1.19. The lowest BCUT2D eigenvalue weighted by atomic mass is 10.1. The molecule has 1 atom stereocenters. The molecule has 1 unspecified atom stereocenters. The molecule has 17 heavy (non-hydrogen) atoms. The molecule has 0 radical (unpaired) electrons. The lowest BCUT2D eigenvalue weighted by Gasteiger charge is -2.16. The molecule has 1 aromatic rings. The van der Waals surface area contributed by atoms with Gasteiger partial charge in [0.15, 0.2) is 0 Å². The smallest absolute Gasteiger partial charge is 0.251 e. The summed E-state index contributed by atoms with van der Waals surface area (Å²) in [6.07, 6.45) is 0.465. The van der Waals surface area contributed by atoms with Crippen LogP contribution in [0.3, 0.4) is 0 Å². The minimum Gasteiger partial charge on any atom is -0.348 e. The van der Waals surface area contributed by atoms with Crippen molar-refractivity contribution in [1.29, 1.82) is 0 Å². The number of hydrogen-bond donors (Lipinski definition) is 2. The molecule has 2 heterocycles. The van der Waals surface area contributed by atoms with E-state index in [1.165, 1.54) is 0 Å². The zero-order valence-electron chi connectivity index (χ0n) is 9.14. The van der Waals surface area contributed by atoms with Crippen LogP contribution in [0.15, 0.2) is 18.2 Å². The van der Waals surface area contributed by atoms with Crippen molar-refractivity contribution in [2.45, 2.75) is 18.2 Å². The van der Waals surface area contributed by atoms with E-state index >= 15 is 0 Å². The predicted octanol–water partition coefficient (Wildman–Crippen LogP) is 0.965. The summed E-state index contributed by atoms with van der Waals surface area (Å²) in [5, 5.41) is 2.85. The largest absolute Gasteiger partial charge is 0.348 e. The van der Waals surface area contributed by atoms with Gasteiger partial charge in [-0.3, -0.25) is 9.59 Å². The maximum Gasteiger partial charge on any atom is 0.251 e. The van der Waals surface area contributed by atoms with Crippen LogP contribution in [0, 0.1) is 0 Å². The first-order valence-corrected chi connectivity index (χ1v) is 6.06. The Balaban J connectivity index is 1.97. The summed E-state index contributed by atoms with van der Waals surface area (Å²) in [5.41, 5.74) is 2.47. The van der Waals surface area contributed by atoms with Crippen LogP contribution in [0.1, 0.15) is 22.3 Å². The Hall–Kier alpha value is -1.49. The van der Waals surface area contributed by atoms with Crippen molar-refractivity contribution >= 4 is 30.1 Å². The van der Waals surface area contributed by atoms with E-state index in [0.717, 1.165) is 11.3 Å².